The number of β-amino-alcohol motifs (C(OH)–C–C–N with tert-alkyl or cyclic N) is 1. The van der Waals surface area contributed by atoms with Gasteiger partial charge in [0.25, 0.3) is 0 Å². The summed E-state index contributed by atoms with van der Waals surface area (Å²) in [5, 5.41) is 10.3. The Morgan fingerprint density at radius 2 is 1.81 bits per heavy atom. The number of benzene rings is 2. The van der Waals surface area contributed by atoms with Crippen LogP contribution in [0.25, 0.3) is 0 Å². The molecule has 0 spiro atoms. The number of hydrogen-bond acceptors (Lipinski definition) is 6. The van der Waals surface area contributed by atoms with Crippen LogP contribution < -0.4 is 14.2 Å². The van der Waals surface area contributed by atoms with Crippen molar-refractivity contribution in [2.45, 2.75) is 38.2 Å². The van der Waals surface area contributed by atoms with E-state index in [-0.39, 0.29) is 12.4 Å². The third kappa shape index (κ3) is 6.97. The van der Waals surface area contributed by atoms with E-state index in [0.717, 1.165) is 18.7 Å². The molecular weight excluding hydrogens is 394 g/mol. The number of likely N-dealkylation sites (tertiary alicyclic amines) is 1. The molecule has 6 heteroatoms. The molecule has 1 saturated heterocycles. The molecule has 31 heavy (non-hydrogen) atoms. The Morgan fingerprint density at radius 1 is 1.03 bits per heavy atom. The van der Waals surface area contributed by atoms with Gasteiger partial charge in [-0.1, -0.05) is 18.6 Å². The van der Waals surface area contributed by atoms with E-state index < -0.39 is 6.10 Å². The maximum atomic E-state index is 12.6. The fourth-order valence-electron chi connectivity index (χ4n) is 3.89. The van der Waals surface area contributed by atoms with Crippen molar-refractivity contribution < 1.29 is 24.1 Å². The third-order valence-corrected chi connectivity index (χ3v) is 5.60. The van der Waals surface area contributed by atoms with Crippen LogP contribution in [-0.2, 0) is 6.42 Å². The van der Waals surface area contributed by atoms with Gasteiger partial charge in [-0.25, -0.2) is 0 Å². The van der Waals surface area contributed by atoms with Crippen molar-refractivity contribution in [3.63, 3.8) is 0 Å². The Labute approximate surface area is 184 Å². The highest BCUT2D eigenvalue weighted by molar-refractivity contribution is 5.96. The Balaban J connectivity index is 1.49. The predicted octanol–water partition coefficient (Wildman–Crippen LogP) is 3.74. The van der Waals surface area contributed by atoms with Crippen molar-refractivity contribution in [3.05, 3.63) is 53.6 Å². The molecule has 2 aromatic carbocycles. The zero-order chi connectivity index (χ0) is 22.1. The zero-order valence-corrected chi connectivity index (χ0v) is 18.5. The molecule has 1 aliphatic heterocycles. The highest BCUT2D eigenvalue weighted by Crippen LogP contribution is 2.28. The Kier molecular flexibility index (Phi) is 8.74. The second-order valence-electron chi connectivity index (χ2n) is 7.97. The topological polar surface area (TPSA) is 68.2 Å². The van der Waals surface area contributed by atoms with Gasteiger partial charge in [0.15, 0.2) is 17.3 Å². The van der Waals surface area contributed by atoms with Crippen molar-refractivity contribution >= 4 is 5.78 Å². The summed E-state index contributed by atoms with van der Waals surface area (Å²) in [6.45, 7) is 3.03. The number of aliphatic hydroxyl groups is 1. The largest absolute Gasteiger partial charge is 0.493 e. The quantitative estimate of drug-likeness (QED) is 0.551. The fourth-order valence-corrected chi connectivity index (χ4v) is 3.89. The highest BCUT2D eigenvalue weighted by Gasteiger charge is 2.15. The first-order valence-corrected chi connectivity index (χ1v) is 11.0. The molecule has 1 N–H and O–H groups in total. The lowest BCUT2D eigenvalue weighted by Gasteiger charge is -2.28. The number of ether oxygens (including phenoxy) is 3. The van der Waals surface area contributed by atoms with E-state index in [4.69, 9.17) is 14.2 Å². The van der Waals surface area contributed by atoms with E-state index in [9.17, 15) is 9.90 Å². The maximum Gasteiger partial charge on any atom is 0.163 e. The molecule has 2 aromatic rings. The summed E-state index contributed by atoms with van der Waals surface area (Å²) in [5.41, 5.74) is 1.63. The van der Waals surface area contributed by atoms with Crippen LogP contribution in [0.1, 0.15) is 41.6 Å². The molecule has 0 aromatic heterocycles. The molecule has 1 heterocycles. The number of aryl methyl sites for hydroxylation is 1. The van der Waals surface area contributed by atoms with Crippen LogP contribution in [0.4, 0.5) is 0 Å². The first-order chi connectivity index (χ1) is 15.1. The van der Waals surface area contributed by atoms with Crippen molar-refractivity contribution in [2.75, 3.05) is 40.5 Å². The van der Waals surface area contributed by atoms with Gasteiger partial charge in [-0.3, -0.25) is 4.79 Å². The minimum Gasteiger partial charge on any atom is -0.493 e. The molecule has 6 nitrogen and oxygen atoms in total. The molecule has 0 radical (unpaired) electrons. The van der Waals surface area contributed by atoms with Gasteiger partial charge in [0.2, 0.25) is 0 Å². The standard InChI is InChI=1S/C25H33NO5/c1-29-24-12-10-20(16-25(24)30-2)23(28)11-9-19-7-6-8-22(15-19)31-18-21(27)17-26-13-4-3-5-14-26/h6-8,10,12,15-16,21,27H,3-5,9,11,13-14,17-18H2,1-2H3. The summed E-state index contributed by atoms with van der Waals surface area (Å²) < 4.78 is 16.3. The van der Waals surface area contributed by atoms with Crippen LogP contribution in [0.5, 0.6) is 17.2 Å². The summed E-state index contributed by atoms with van der Waals surface area (Å²) in [6, 6.07) is 12.9. The summed E-state index contributed by atoms with van der Waals surface area (Å²) in [5.74, 6) is 1.91. The Hall–Kier alpha value is -2.57. The van der Waals surface area contributed by atoms with Crippen molar-refractivity contribution in [2.24, 2.45) is 0 Å². The molecule has 1 unspecified atom stereocenters. The molecule has 1 atom stereocenters. The summed E-state index contributed by atoms with van der Waals surface area (Å²) in [6.07, 6.45) is 4.19. The lowest BCUT2D eigenvalue weighted by Crippen LogP contribution is -2.38. The van der Waals surface area contributed by atoms with Crippen LogP contribution >= 0.6 is 0 Å². The highest BCUT2D eigenvalue weighted by atomic mass is 16.5. The van der Waals surface area contributed by atoms with Gasteiger partial charge in [-0.2, -0.15) is 0 Å². The summed E-state index contributed by atoms with van der Waals surface area (Å²) >= 11 is 0. The number of Topliss-reactive ketones (excluding diaryl/α,β-unsaturated/α-hetero) is 1. The molecule has 168 valence electrons. The average molecular weight is 428 g/mol. The SMILES string of the molecule is COc1ccc(C(=O)CCc2cccc(OCC(O)CN3CCCCC3)c2)cc1OC. The van der Waals surface area contributed by atoms with E-state index in [2.05, 4.69) is 4.90 Å². The predicted molar refractivity (Wildman–Crippen MR) is 120 cm³/mol. The van der Waals surface area contributed by atoms with Gasteiger partial charge in [-0.15, -0.1) is 0 Å². The van der Waals surface area contributed by atoms with E-state index in [0.29, 0.717) is 42.2 Å². The number of aliphatic hydroxyl groups excluding tert-OH is 1. The smallest absolute Gasteiger partial charge is 0.163 e. The number of hydrogen-bond donors (Lipinski definition) is 1. The van der Waals surface area contributed by atoms with Crippen LogP contribution in [0, 0.1) is 0 Å². The molecule has 1 aliphatic rings. The van der Waals surface area contributed by atoms with Crippen LogP contribution in [0.2, 0.25) is 0 Å². The fraction of sp³-hybridized carbons (Fsp3) is 0.480. The molecule has 0 bridgehead atoms. The van der Waals surface area contributed by atoms with E-state index >= 15 is 0 Å². The van der Waals surface area contributed by atoms with Gasteiger partial charge in [0.05, 0.1) is 14.2 Å². The second kappa shape index (κ2) is 11.7. The Morgan fingerprint density at radius 3 is 2.55 bits per heavy atom. The first-order valence-electron chi connectivity index (χ1n) is 11.0. The van der Waals surface area contributed by atoms with Gasteiger partial charge < -0.3 is 24.2 Å². The molecule has 0 amide bonds. The van der Waals surface area contributed by atoms with E-state index in [1.165, 1.54) is 19.3 Å². The Bertz CT molecular complexity index is 848. The van der Waals surface area contributed by atoms with Crippen molar-refractivity contribution in [1.82, 2.24) is 4.90 Å². The van der Waals surface area contributed by atoms with E-state index in [1.807, 2.05) is 24.3 Å². The zero-order valence-electron chi connectivity index (χ0n) is 18.5. The lowest BCUT2D eigenvalue weighted by atomic mass is 10.0. The minimum atomic E-state index is -0.506. The molecule has 0 aliphatic carbocycles. The number of nitrogens with zero attached hydrogens (tertiary/aromatic N) is 1. The van der Waals surface area contributed by atoms with E-state index in [1.54, 1.807) is 32.4 Å². The number of piperidine rings is 1. The van der Waals surface area contributed by atoms with Gasteiger partial charge in [0.1, 0.15) is 18.5 Å². The van der Waals surface area contributed by atoms with Crippen LogP contribution in [-0.4, -0.2) is 62.4 Å². The molecular formula is C25H33NO5. The number of ketones is 1. The summed E-state index contributed by atoms with van der Waals surface area (Å²) in [7, 11) is 3.13. The van der Waals surface area contributed by atoms with Crippen LogP contribution in [0.3, 0.4) is 0 Å². The molecule has 3 rings (SSSR count). The van der Waals surface area contributed by atoms with Crippen LogP contribution in [0.15, 0.2) is 42.5 Å². The number of carbonyl (C=O) groups is 1. The van der Waals surface area contributed by atoms with Crippen molar-refractivity contribution in [1.29, 1.82) is 0 Å². The minimum absolute atomic E-state index is 0.0456. The average Bonchev–Trinajstić information content (AvgIpc) is 2.81. The molecule has 1 fully saturated rings. The number of carbonyl (C=O) groups excluding carboxylic acids is 1. The first kappa shape index (κ1) is 23.1. The second-order valence-corrected chi connectivity index (χ2v) is 7.97. The summed E-state index contributed by atoms with van der Waals surface area (Å²) in [4.78, 5) is 14.9. The number of methoxy groups -OCH3 is 2. The van der Waals surface area contributed by atoms with Gasteiger partial charge >= 0.3 is 0 Å². The normalized spacial score (nSPS) is 15.3. The monoisotopic (exact) mass is 427 g/mol. The van der Waals surface area contributed by atoms with Gasteiger partial charge in [0, 0.05) is 18.5 Å². The number of rotatable bonds is 11. The molecule has 0 saturated carbocycles. The van der Waals surface area contributed by atoms with Crippen molar-refractivity contribution in [3.8, 4) is 17.2 Å². The third-order valence-electron chi connectivity index (χ3n) is 5.60. The lowest BCUT2D eigenvalue weighted by molar-refractivity contribution is 0.0617. The maximum absolute atomic E-state index is 12.6. The van der Waals surface area contributed by atoms with Gasteiger partial charge in [-0.05, 0) is 68.2 Å².